The molecule has 0 aromatic carbocycles. The van der Waals surface area contributed by atoms with E-state index in [1.165, 1.54) is 0 Å². The van der Waals surface area contributed by atoms with Crippen LogP contribution in [-0.4, -0.2) is 32.5 Å². The van der Waals surface area contributed by atoms with Gasteiger partial charge in [-0.25, -0.2) is 8.42 Å². The number of rotatable bonds is 10. The van der Waals surface area contributed by atoms with Crippen LogP contribution in [0.15, 0.2) is 0 Å². The lowest BCUT2D eigenvalue weighted by Gasteiger charge is -2.34. The summed E-state index contributed by atoms with van der Waals surface area (Å²) >= 11 is 0. The Kier molecular flexibility index (Phi) is 8.11. The Hall–Kier alpha value is -0.0900. The molecule has 0 aliphatic heterocycles. The van der Waals surface area contributed by atoms with Gasteiger partial charge in [0.2, 0.25) is 0 Å². The summed E-state index contributed by atoms with van der Waals surface area (Å²) in [4.78, 5) is 0. The van der Waals surface area contributed by atoms with Gasteiger partial charge in [0.25, 0.3) is 0 Å². The largest absolute Gasteiger partial charge is 0.313 e. The van der Waals surface area contributed by atoms with Gasteiger partial charge in [0.1, 0.15) is 9.84 Å². The second-order valence-electron chi connectivity index (χ2n) is 5.73. The molecule has 0 fully saturated rings. The van der Waals surface area contributed by atoms with Crippen molar-refractivity contribution < 1.29 is 8.42 Å². The highest BCUT2D eigenvalue weighted by atomic mass is 32.2. The molecular formula is C14H31NO2S. The zero-order chi connectivity index (χ0) is 14.2. The summed E-state index contributed by atoms with van der Waals surface area (Å²) in [7, 11) is -2.82. The highest BCUT2D eigenvalue weighted by molar-refractivity contribution is 7.91. The SMILES string of the molecule is CCCNC(CCCS(=O)(=O)CC)C(C)(C)CC. The van der Waals surface area contributed by atoms with Gasteiger partial charge >= 0.3 is 0 Å². The van der Waals surface area contributed by atoms with E-state index >= 15 is 0 Å². The standard InChI is InChI=1S/C14H31NO2S/c1-6-11-15-13(14(4,5)7-2)10-9-12-18(16,17)8-3/h13,15H,6-12H2,1-5H3. The third-order valence-corrected chi connectivity index (χ3v) is 5.67. The van der Waals surface area contributed by atoms with Crippen molar-refractivity contribution in [1.29, 1.82) is 0 Å². The van der Waals surface area contributed by atoms with E-state index in [1.54, 1.807) is 6.92 Å². The van der Waals surface area contributed by atoms with E-state index in [9.17, 15) is 8.42 Å². The minimum Gasteiger partial charge on any atom is -0.313 e. The summed E-state index contributed by atoms with van der Waals surface area (Å²) in [5.41, 5.74) is 0.227. The smallest absolute Gasteiger partial charge is 0.150 e. The molecule has 1 N–H and O–H groups in total. The lowest BCUT2D eigenvalue weighted by Crippen LogP contribution is -2.42. The van der Waals surface area contributed by atoms with Gasteiger partial charge in [-0.1, -0.05) is 34.6 Å². The van der Waals surface area contributed by atoms with Crippen LogP contribution in [0.2, 0.25) is 0 Å². The molecule has 0 bridgehead atoms. The van der Waals surface area contributed by atoms with Crippen molar-refractivity contribution in [2.75, 3.05) is 18.1 Å². The fourth-order valence-electron chi connectivity index (χ4n) is 1.99. The first-order chi connectivity index (χ1) is 8.29. The first-order valence-electron chi connectivity index (χ1n) is 7.22. The quantitative estimate of drug-likeness (QED) is 0.667. The summed E-state index contributed by atoms with van der Waals surface area (Å²) in [6.07, 6.45) is 3.93. The Morgan fingerprint density at radius 1 is 1.17 bits per heavy atom. The van der Waals surface area contributed by atoms with E-state index in [2.05, 4.69) is 33.0 Å². The predicted molar refractivity (Wildman–Crippen MR) is 79.7 cm³/mol. The van der Waals surface area contributed by atoms with E-state index in [1.807, 2.05) is 0 Å². The molecule has 0 heterocycles. The molecule has 110 valence electrons. The highest BCUT2D eigenvalue weighted by Crippen LogP contribution is 2.27. The molecule has 0 rings (SSSR count). The summed E-state index contributed by atoms with van der Waals surface area (Å²) in [5.74, 6) is 0.588. The fourth-order valence-corrected chi connectivity index (χ4v) is 2.88. The van der Waals surface area contributed by atoms with Crippen LogP contribution in [0.3, 0.4) is 0 Å². The highest BCUT2D eigenvalue weighted by Gasteiger charge is 2.27. The molecule has 4 heteroatoms. The minimum absolute atomic E-state index is 0.227. The van der Waals surface area contributed by atoms with Crippen molar-refractivity contribution >= 4 is 9.84 Å². The summed E-state index contributed by atoms with van der Waals surface area (Å²) in [6.45, 7) is 11.6. The van der Waals surface area contributed by atoms with Crippen molar-refractivity contribution in [3.8, 4) is 0 Å². The average Bonchev–Trinajstić information content (AvgIpc) is 2.33. The molecule has 0 aromatic heterocycles. The third-order valence-electron chi connectivity index (χ3n) is 3.88. The third kappa shape index (κ3) is 6.74. The molecule has 0 spiro atoms. The molecule has 1 unspecified atom stereocenters. The van der Waals surface area contributed by atoms with Gasteiger partial charge in [-0.2, -0.15) is 0 Å². The number of hydrogen-bond donors (Lipinski definition) is 1. The van der Waals surface area contributed by atoms with Crippen molar-refractivity contribution in [1.82, 2.24) is 5.32 Å². The Balaban J connectivity index is 4.34. The topological polar surface area (TPSA) is 46.2 Å². The number of hydrogen-bond acceptors (Lipinski definition) is 3. The van der Waals surface area contributed by atoms with Crippen LogP contribution in [0.25, 0.3) is 0 Å². The van der Waals surface area contributed by atoms with Crippen LogP contribution in [0.4, 0.5) is 0 Å². The molecule has 0 radical (unpaired) electrons. The Morgan fingerprint density at radius 3 is 2.22 bits per heavy atom. The molecule has 0 saturated carbocycles. The number of nitrogens with one attached hydrogen (secondary N) is 1. The maximum Gasteiger partial charge on any atom is 0.150 e. The predicted octanol–water partition coefficient (Wildman–Crippen LogP) is 3.01. The van der Waals surface area contributed by atoms with Crippen LogP contribution >= 0.6 is 0 Å². The normalized spacial score (nSPS) is 14.7. The van der Waals surface area contributed by atoms with E-state index in [4.69, 9.17) is 0 Å². The van der Waals surface area contributed by atoms with E-state index in [0.717, 1.165) is 32.2 Å². The van der Waals surface area contributed by atoms with Crippen LogP contribution in [0.1, 0.15) is 60.3 Å². The first kappa shape index (κ1) is 17.9. The number of sulfone groups is 1. The Bertz CT molecular complexity index is 310. The molecular weight excluding hydrogens is 246 g/mol. The second kappa shape index (κ2) is 8.16. The van der Waals surface area contributed by atoms with Crippen molar-refractivity contribution in [2.45, 2.75) is 66.3 Å². The van der Waals surface area contributed by atoms with Gasteiger partial charge in [0, 0.05) is 11.8 Å². The minimum atomic E-state index is -2.82. The van der Waals surface area contributed by atoms with Gasteiger partial charge in [-0.05, 0) is 37.6 Å². The van der Waals surface area contributed by atoms with Crippen molar-refractivity contribution in [2.24, 2.45) is 5.41 Å². The zero-order valence-electron chi connectivity index (χ0n) is 12.8. The average molecular weight is 277 g/mol. The summed E-state index contributed by atoms with van der Waals surface area (Å²) in [6, 6.07) is 0.412. The summed E-state index contributed by atoms with van der Waals surface area (Å²) < 4.78 is 23.0. The van der Waals surface area contributed by atoms with E-state index in [-0.39, 0.29) is 11.2 Å². The van der Waals surface area contributed by atoms with Crippen molar-refractivity contribution in [3.05, 3.63) is 0 Å². The van der Waals surface area contributed by atoms with Crippen molar-refractivity contribution in [3.63, 3.8) is 0 Å². The van der Waals surface area contributed by atoms with Crippen LogP contribution < -0.4 is 5.32 Å². The van der Waals surface area contributed by atoms with E-state index < -0.39 is 9.84 Å². The summed E-state index contributed by atoms with van der Waals surface area (Å²) in [5, 5.41) is 3.57. The van der Waals surface area contributed by atoms with Crippen LogP contribution in [0, 0.1) is 5.41 Å². The molecule has 0 aromatic rings. The van der Waals surface area contributed by atoms with E-state index in [0.29, 0.717) is 11.8 Å². The maximum atomic E-state index is 11.5. The second-order valence-corrected chi connectivity index (χ2v) is 8.20. The molecule has 1 atom stereocenters. The van der Waals surface area contributed by atoms with Crippen LogP contribution in [0.5, 0.6) is 0 Å². The molecule has 0 aliphatic rings. The Morgan fingerprint density at radius 2 is 1.78 bits per heavy atom. The molecule has 0 amide bonds. The van der Waals surface area contributed by atoms with Gasteiger partial charge in [0.05, 0.1) is 5.75 Å². The van der Waals surface area contributed by atoms with Crippen LogP contribution in [-0.2, 0) is 9.84 Å². The lowest BCUT2D eigenvalue weighted by atomic mass is 9.79. The van der Waals surface area contributed by atoms with Gasteiger partial charge in [0.15, 0.2) is 0 Å². The molecule has 3 nitrogen and oxygen atoms in total. The fraction of sp³-hybridized carbons (Fsp3) is 1.00. The van der Waals surface area contributed by atoms with Gasteiger partial charge in [-0.15, -0.1) is 0 Å². The van der Waals surface area contributed by atoms with Gasteiger partial charge in [-0.3, -0.25) is 0 Å². The molecule has 0 saturated heterocycles. The lowest BCUT2D eigenvalue weighted by molar-refractivity contribution is 0.219. The first-order valence-corrected chi connectivity index (χ1v) is 9.05. The zero-order valence-corrected chi connectivity index (χ0v) is 13.6. The van der Waals surface area contributed by atoms with Gasteiger partial charge < -0.3 is 5.32 Å². The molecule has 18 heavy (non-hydrogen) atoms. The Labute approximate surface area is 114 Å². The maximum absolute atomic E-state index is 11.5. The monoisotopic (exact) mass is 277 g/mol. The molecule has 0 aliphatic carbocycles.